The zero-order valence-electron chi connectivity index (χ0n) is 13.2. The highest BCUT2D eigenvalue weighted by atomic mass is 35.5. The quantitative estimate of drug-likeness (QED) is 0.772. The van der Waals surface area contributed by atoms with Gasteiger partial charge in [-0.15, -0.1) is 0 Å². The number of nitrogens with zero attached hydrogens (tertiary/aromatic N) is 1. The number of aryl methyl sites for hydroxylation is 1. The van der Waals surface area contributed by atoms with Gasteiger partial charge in [-0.3, -0.25) is 0 Å². The van der Waals surface area contributed by atoms with Gasteiger partial charge in [0.1, 0.15) is 29.4 Å². The molecule has 24 heavy (non-hydrogen) atoms. The number of hydrogen-bond acceptors (Lipinski definition) is 5. The molecule has 1 saturated heterocycles. The van der Waals surface area contributed by atoms with Crippen LogP contribution in [0.5, 0.6) is 0 Å². The van der Waals surface area contributed by atoms with Gasteiger partial charge in [0.25, 0.3) is 0 Å². The molecule has 1 aliphatic rings. The smallest absolute Gasteiger partial charge is 0.344 e. The minimum absolute atomic E-state index is 0.0249. The zero-order chi connectivity index (χ0) is 17.1. The van der Waals surface area contributed by atoms with Crippen LogP contribution in [0, 0.1) is 12.7 Å². The van der Waals surface area contributed by atoms with Crippen molar-refractivity contribution in [1.82, 2.24) is 5.16 Å². The van der Waals surface area contributed by atoms with E-state index in [0.717, 1.165) is 19.3 Å². The van der Waals surface area contributed by atoms with E-state index in [4.69, 9.17) is 25.6 Å². The van der Waals surface area contributed by atoms with Gasteiger partial charge in [0.15, 0.2) is 0 Å². The van der Waals surface area contributed by atoms with Gasteiger partial charge in [0.05, 0.1) is 16.7 Å². The van der Waals surface area contributed by atoms with Crippen LogP contribution in [0.3, 0.4) is 0 Å². The van der Waals surface area contributed by atoms with E-state index < -0.39 is 11.8 Å². The number of hydrogen-bond donors (Lipinski definition) is 0. The molecule has 2 heterocycles. The molecule has 128 valence electrons. The number of carbonyl (C=O) groups excluding carboxylic acids is 1. The molecule has 0 saturated carbocycles. The van der Waals surface area contributed by atoms with Crippen LogP contribution in [0.4, 0.5) is 4.39 Å². The van der Waals surface area contributed by atoms with Gasteiger partial charge in [-0.25, -0.2) is 9.18 Å². The molecular formula is C17H17ClFNO4. The van der Waals surface area contributed by atoms with Crippen LogP contribution in [0.2, 0.25) is 5.02 Å². The third-order valence-corrected chi connectivity index (χ3v) is 4.26. The minimum Gasteiger partial charge on any atom is -0.459 e. The average Bonchev–Trinajstić information content (AvgIpc) is 2.95. The Balaban J connectivity index is 1.83. The molecule has 0 amide bonds. The van der Waals surface area contributed by atoms with Crippen molar-refractivity contribution in [2.24, 2.45) is 0 Å². The topological polar surface area (TPSA) is 61.6 Å². The predicted molar refractivity (Wildman–Crippen MR) is 85.5 cm³/mol. The Morgan fingerprint density at radius 2 is 2.29 bits per heavy atom. The molecule has 1 unspecified atom stereocenters. The summed E-state index contributed by atoms with van der Waals surface area (Å²) in [4.78, 5) is 12.4. The standard InChI is InChI=1S/C17H17ClFNO4/c1-10-14(17(21)23-9-11-5-2-3-8-22-11)16(20-24-10)15-12(18)6-4-7-13(15)19/h4,6-7,11H,2-3,5,8-9H2,1H3. The van der Waals surface area contributed by atoms with Gasteiger partial charge in [0.2, 0.25) is 0 Å². The molecule has 1 aromatic heterocycles. The van der Waals surface area contributed by atoms with Crippen molar-refractivity contribution in [2.75, 3.05) is 13.2 Å². The molecule has 1 atom stereocenters. The van der Waals surface area contributed by atoms with Crippen molar-refractivity contribution >= 4 is 17.6 Å². The summed E-state index contributed by atoms with van der Waals surface area (Å²) in [6.07, 6.45) is 2.81. The Morgan fingerprint density at radius 3 is 3.00 bits per heavy atom. The summed E-state index contributed by atoms with van der Waals surface area (Å²) in [5, 5.41) is 3.94. The second-order valence-electron chi connectivity index (χ2n) is 5.65. The van der Waals surface area contributed by atoms with Crippen molar-refractivity contribution in [3.05, 3.63) is 40.4 Å². The SMILES string of the molecule is Cc1onc(-c2c(F)cccc2Cl)c1C(=O)OCC1CCCCO1. The van der Waals surface area contributed by atoms with Gasteiger partial charge >= 0.3 is 5.97 Å². The Bertz CT molecular complexity index is 720. The number of benzene rings is 1. The van der Waals surface area contributed by atoms with Crippen molar-refractivity contribution in [1.29, 1.82) is 0 Å². The number of halogens is 2. The molecule has 0 radical (unpaired) electrons. The van der Waals surface area contributed by atoms with Gasteiger partial charge in [-0.2, -0.15) is 0 Å². The maximum atomic E-state index is 14.1. The third-order valence-electron chi connectivity index (χ3n) is 3.94. The lowest BCUT2D eigenvalue weighted by Crippen LogP contribution is -2.26. The molecule has 1 aliphatic heterocycles. The van der Waals surface area contributed by atoms with Gasteiger partial charge in [-0.1, -0.05) is 22.8 Å². The lowest BCUT2D eigenvalue weighted by Gasteiger charge is -2.22. The van der Waals surface area contributed by atoms with E-state index in [0.29, 0.717) is 6.61 Å². The highest BCUT2D eigenvalue weighted by molar-refractivity contribution is 6.33. The number of rotatable bonds is 4. The van der Waals surface area contributed by atoms with Crippen LogP contribution in [0.25, 0.3) is 11.3 Å². The average molecular weight is 354 g/mol. The Labute approximate surface area is 143 Å². The van der Waals surface area contributed by atoms with Crippen LogP contribution < -0.4 is 0 Å². The molecule has 0 bridgehead atoms. The molecule has 2 aromatic rings. The van der Waals surface area contributed by atoms with Crippen molar-refractivity contribution < 1.29 is 23.2 Å². The van der Waals surface area contributed by atoms with E-state index >= 15 is 0 Å². The minimum atomic E-state index is -0.628. The van der Waals surface area contributed by atoms with Crippen molar-refractivity contribution in [2.45, 2.75) is 32.3 Å². The van der Waals surface area contributed by atoms with Crippen molar-refractivity contribution in [3.8, 4) is 11.3 Å². The summed E-state index contributed by atoms with van der Waals surface area (Å²) in [5.41, 5.74) is 0.153. The van der Waals surface area contributed by atoms with Gasteiger partial charge in [-0.05, 0) is 38.3 Å². The fourth-order valence-corrected chi connectivity index (χ4v) is 2.94. The summed E-state index contributed by atoms with van der Waals surface area (Å²) in [7, 11) is 0. The molecule has 7 heteroatoms. The first-order valence-corrected chi connectivity index (χ1v) is 8.15. The zero-order valence-corrected chi connectivity index (χ0v) is 13.9. The lowest BCUT2D eigenvalue weighted by atomic mass is 10.1. The normalized spacial score (nSPS) is 17.7. The molecule has 3 rings (SSSR count). The molecule has 1 aromatic carbocycles. The summed E-state index contributed by atoms with van der Waals surface area (Å²) in [6, 6.07) is 4.25. The first-order chi connectivity index (χ1) is 11.6. The summed E-state index contributed by atoms with van der Waals surface area (Å²) in [5.74, 6) is -0.961. The molecule has 1 fully saturated rings. The third kappa shape index (κ3) is 3.44. The largest absolute Gasteiger partial charge is 0.459 e. The molecule has 0 spiro atoms. The number of esters is 1. The first kappa shape index (κ1) is 16.9. The fraction of sp³-hybridized carbons (Fsp3) is 0.412. The number of aromatic nitrogens is 1. The monoisotopic (exact) mass is 353 g/mol. The van der Waals surface area contributed by atoms with Crippen molar-refractivity contribution in [3.63, 3.8) is 0 Å². The number of carbonyl (C=O) groups is 1. The second-order valence-corrected chi connectivity index (χ2v) is 6.05. The van der Waals surface area contributed by atoms with E-state index in [1.54, 1.807) is 6.92 Å². The van der Waals surface area contributed by atoms with E-state index in [2.05, 4.69) is 5.16 Å². The highest BCUT2D eigenvalue weighted by Gasteiger charge is 2.27. The van der Waals surface area contributed by atoms with Crippen LogP contribution in [-0.2, 0) is 9.47 Å². The highest BCUT2D eigenvalue weighted by Crippen LogP contribution is 2.33. The molecule has 0 aliphatic carbocycles. The van der Waals surface area contributed by atoms with Crippen LogP contribution in [0.15, 0.2) is 22.7 Å². The fourth-order valence-electron chi connectivity index (χ4n) is 2.69. The number of ether oxygens (including phenoxy) is 2. The Morgan fingerprint density at radius 1 is 1.46 bits per heavy atom. The van der Waals surface area contributed by atoms with E-state index in [9.17, 15) is 9.18 Å². The first-order valence-electron chi connectivity index (χ1n) is 7.77. The summed E-state index contributed by atoms with van der Waals surface area (Å²) in [6.45, 7) is 2.39. The maximum Gasteiger partial charge on any atom is 0.344 e. The van der Waals surface area contributed by atoms with Gasteiger partial charge in [0, 0.05) is 6.61 Å². The van der Waals surface area contributed by atoms with E-state index in [-0.39, 0.29) is 40.3 Å². The van der Waals surface area contributed by atoms with Gasteiger partial charge < -0.3 is 14.0 Å². The molecule has 0 N–H and O–H groups in total. The Kier molecular flexibility index (Phi) is 5.16. The van der Waals surface area contributed by atoms with E-state index in [1.807, 2.05) is 0 Å². The lowest BCUT2D eigenvalue weighted by molar-refractivity contribution is -0.0300. The predicted octanol–water partition coefficient (Wildman–Crippen LogP) is 4.17. The van der Waals surface area contributed by atoms with Crippen LogP contribution in [0.1, 0.15) is 35.4 Å². The van der Waals surface area contributed by atoms with Crippen LogP contribution in [-0.4, -0.2) is 30.4 Å². The van der Waals surface area contributed by atoms with E-state index in [1.165, 1.54) is 18.2 Å². The summed E-state index contributed by atoms with van der Waals surface area (Å²) >= 11 is 6.05. The van der Waals surface area contributed by atoms with Crippen LogP contribution >= 0.6 is 11.6 Å². The summed E-state index contributed by atoms with van der Waals surface area (Å²) < 4.78 is 30.0. The maximum absolute atomic E-state index is 14.1. The molecule has 5 nitrogen and oxygen atoms in total. The molecular weight excluding hydrogens is 337 g/mol. The Hall–Kier alpha value is -1.92. The second kappa shape index (κ2) is 7.32.